The fraction of sp³-hybridized carbons (Fsp3) is 0.455. The van der Waals surface area contributed by atoms with Crippen LogP contribution in [0, 0.1) is 5.82 Å². The molecule has 1 unspecified atom stereocenters. The largest absolute Gasteiger partial charge is 0.397 e. The van der Waals surface area contributed by atoms with Crippen LogP contribution in [0.3, 0.4) is 0 Å². The van der Waals surface area contributed by atoms with Crippen molar-refractivity contribution < 1.29 is 9.13 Å². The zero-order valence-electron chi connectivity index (χ0n) is 8.50. The Kier molecular flexibility index (Phi) is 3.06. The van der Waals surface area contributed by atoms with Gasteiger partial charge in [-0.15, -0.1) is 0 Å². The number of ether oxygens (including phenoxy) is 1. The molecule has 1 aliphatic rings. The highest BCUT2D eigenvalue weighted by Gasteiger charge is 2.16. The van der Waals surface area contributed by atoms with Gasteiger partial charge in [0, 0.05) is 13.2 Å². The highest BCUT2D eigenvalue weighted by molar-refractivity contribution is 5.66. The minimum Gasteiger partial charge on any atom is -0.397 e. The summed E-state index contributed by atoms with van der Waals surface area (Å²) in [4.78, 5) is 0. The summed E-state index contributed by atoms with van der Waals surface area (Å²) in [7, 11) is 0. The number of nitrogens with one attached hydrogen (secondary N) is 1. The average molecular weight is 210 g/mol. The minimum absolute atomic E-state index is 0.184. The van der Waals surface area contributed by atoms with Crippen molar-refractivity contribution in [3.05, 3.63) is 24.0 Å². The number of hydrogen-bond donors (Lipinski definition) is 2. The molecule has 2 rings (SSSR count). The lowest BCUT2D eigenvalue weighted by atomic mass is 10.2. The van der Waals surface area contributed by atoms with Crippen molar-refractivity contribution in [3.63, 3.8) is 0 Å². The van der Waals surface area contributed by atoms with Crippen molar-refractivity contribution in [3.8, 4) is 0 Å². The zero-order chi connectivity index (χ0) is 10.7. The van der Waals surface area contributed by atoms with Gasteiger partial charge in [0.15, 0.2) is 0 Å². The predicted octanol–water partition coefficient (Wildman–Crippen LogP) is 2.00. The molecule has 0 bridgehead atoms. The summed E-state index contributed by atoms with van der Waals surface area (Å²) in [6.07, 6.45) is 2.30. The molecule has 1 aromatic rings. The lowest BCUT2D eigenvalue weighted by molar-refractivity contribution is 0.120. The lowest BCUT2D eigenvalue weighted by Crippen LogP contribution is -2.19. The van der Waals surface area contributed by atoms with Gasteiger partial charge in [0.1, 0.15) is 5.82 Å². The Morgan fingerprint density at radius 3 is 3.07 bits per heavy atom. The molecule has 1 saturated heterocycles. The van der Waals surface area contributed by atoms with Gasteiger partial charge in [0.2, 0.25) is 0 Å². The predicted molar refractivity (Wildman–Crippen MR) is 58.3 cm³/mol. The van der Waals surface area contributed by atoms with Crippen LogP contribution in [0.15, 0.2) is 18.2 Å². The molecule has 4 heteroatoms. The third-order valence-electron chi connectivity index (χ3n) is 2.58. The SMILES string of the molecule is Nc1cccc(F)c1NCC1CCCO1. The molecular formula is C11H15FN2O. The maximum atomic E-state index is 13.3. The standard InChI is InChI=1S/C11H15FN2O/c12-9-4-1-5-10(13)11(9)14-7-8-3-2-6-15-8/h1,4-5,8,14H,2-3,6-7,13H2. The van der Waals surface area contributed by atoms with Gasteiger partial charge < -0.3 is 15.8 Å². The maximum absolute atomic E-state index is 13.3. The van der Waals surface area contributed by atoms with Crippen LogP contribution < -0.4 is 11.1 Å². The van der Waals surface area contributed by atoms with E-state index >= 15 is 0 Å². The van der Waals surface area contributed by atoms with Crippen LogP contribution in [0.2, 0.25) is 0 Å². The van der Waals surface area contributed by atoms with E-state index in [9.17, 15) is 4.39 Å². The van der Waals surface area contributed by atoms with E-state index in [2.05, 4.69) is 5.32 Å². The number of hydrogen-bond acceptors (Lipinski definition) is 3. The second kappa shape index (κ2) is 4.49. The second-order valence-corrected chi connectivity index (χ2v) is 3.72. The Labute approximate surface area is 88.4 Å². The minimum atomic E-state index is -0.312. The molecule has 1 aliphatic heterocycles. The number of rotatable bonds is 3. The fourth-order valence-corrected chi connectivity index (χ4v) is 1.75. The molecule has 0 amide bonds. The van der Waals surface area contributed by atoms with Gasteiger partial charge in [-0.3, -0.25) is 0 Å². The Balaban J connectivity index is 1.97. The number of nitrogens with two attached hydrogens (primary N) is 1. The van der Waals surface area contributed by atoms with Gasteiger partial charge in [0.25, 0.3) is 0 Å². The lowest BCUT2D eigenvalue weighted by Gasteiger charge is -2.13. The second-order valence-electron chi connectivity index (χ2n) is 3.72. The summed E-state index contributed by atoms with van der Waals surface area (Å²) < 4.78 is 18.8. The van der Waals surface area contributed by atoms with Gasteiger partial charge in [-0.25, -0.2) is 4.39 Å². The van der Waals surface area contributed by atoms with Crippen LogP contribution in [0.5, 0.6) is 0 Å². The first-order valence-electron chi connectivity index (χ1n) is 5.17. The van der Waals surface area contributed by atoms with E-state index in [1.165, 1.54) is 6.07 Å². The molecular weight excluding hydrogens is 195 g/mol. The Morgan fingerprint density at radius 2 is 2.40 bits per heavy atom. The fourth-order valence-electron chi connectivity index (χ4n) is 1.75. The first-order valence-corrected chi connectivity index (χ1v) is 5.17. The summed E-state index contributed by atoms with van der Waals surface area (Å²) in [5.74, 6) is -0.312. The van der Waals surface area contributed by atoms with Crippen molar-refractivity contribution in [2.24, 2.45) is 0 Å². The molecule has 1 aromatic carbocycles. The van der Waals surface area contributed by atoms with E-state index < -0.39 is 0 Å². The van der Waals surface area contributed by atoms with Crippen molar-refractivity contribution in [2.45, 2.75) is 18.9 Å². The van der Waals surface area contributed by atoms with Gasteiger partial charge in [0.05, 0.1) is 17.5 Å². The first kappa shape index (κ1) is 10.2. The number of benzene rings is 1. The Hall–Kier alpha value is -1.29. The highest BCUT2D eigenvalue weighted by atomic mass is 19.1. The van der Waals surface area contributed by atoms with E-state index in [1.807, 2.05) is 0 Å². The highest BCUT2D eigenvalue weighted by Crippen LogP contribution is 2.22. The number of para-hydroxylation sites is 1. The monoisotopic (exact) mass is 210 g/mol. The third kappa shape index (κ3) is 2.39. The van der Waals surface area contributed by atoms with Crippen LogP contribution in [0.4, 0.5) is 15.8 Å². The molecule has 15 heavy (non-hydrogen) atoms. The van der Waals surface area contributed by atoms with Crippen molar-refractivity contribution >= 4 is 11.4 Å². The molecule has 82 valence electrons. The van der Waals surface area contributed by atoms with Crippen molar-refractivity contribution in [1.82, 2.24) is 0 Å². The average Bonchev–Trinajstić information content (AvgIpc) is 2.70. The summed E-state index contributed by atoms with van der Waals surface area (Å²) in [6, 6.07) is 4.68. The van der Waals surface area contributed by atoms with Gasteiger partial charge in [-0.2, -0.15) is 0 Å². The Morgan fingerprint density at radius 1 is 1.53 bits per heavy atom. The molecule has 0 radical (unpaired) electrons. The smallest absolute Gasteiger partial charge is 0.148 e. The van der Waals surface area contributed by atoms with E-state index in [-0.39, 0.29) is 11.9 Å². The van der Waals surface area contributed by atoms with E-state index in [4.69, 9.17) is 10.5 Å². The summed E-state index contributed by atoms with van der Waals surface area (Å²) in [5.41, 5.74) is 6.48. The van der Waals surface area contributed by atoms with Crippen LogP contribution in [0.1, 0.15) is 12.8 Å². The van der Waals surface area contributed by atoms with Crippen molar-refractivity contribution in [2.75, 3.05) is 24.2 Å². The summed E-state index contributed by atoms with van der Waals surface area (Å²) >= 11 is 0. The third-order valence-corrected chi connectivity index (χ3v) is 2.58. The summed E-state index contributed by atoms with van der Waals surface area (Å²) in [5, 5.41) is 3.00. The first-order chi connectivity index (χ1) is 7.27. The van der Waals surface area contributed by atoms with Crippen LogP contribution in [-0.2, 0) is 4.74 Å². The van der Waals surface area contributed by atoms with E-state index in [0.717, 1.165) is 19.4 Å². The quantitative estimate of drug-likeness (QED) is 0.750. The van der Waals surface area contributed by atoms with Crippen LogP contribution >= 0.6 is 0 Å². The van der Waals surface area contributed by atoms with Gasteiger partial charge in [-0.05, 0) is 25.0 Å². The zero-order valence-corrected chi connectivity index (χ0v) is 8.50. The summed E-state index contributed by atoms with van der Waals surface area (Å²) in [6.45, 7) is 1.42. The number of halogens is 1. The molecule has 0 saturated carbocycles. The maximum Gasteiger partial charge on any atom is 0.148 e. The van der Waals surface area contributed by atoms with Crippen LogP contribution in [0.25, 0.3) is 0 Å². The molecule has 3 N–H and O–H groups in total. The van der Waals surface area contributed by atoms with E-state index in [0.29, 0.717) is 17.9 Å². The molecule has 0 aromatic heterocycles. The Bertz CT molecular complexity index is 317. The normalized spacial score (nSPS) is 20.5. The van der Waals surface area contributed by atoms with Gasteiger partial charge in [-0.1, -0.05) is 6.07 Å². The van der Waals surface area contributed by atoms with Crippen LogP contribution in [-0.4, -0.2) is 19.3 Å². The molecule has 3 nitrogen and oxygen atoms in total. The number of anilines is 2. The van der Waals surface area contributed by atoms with Crippen molar-refractivity contribution in [1.29, 1.82) is 0 Å². The molecule has 0 spiro atoms. The molecule has 1 heterocycles. The molecule has 1 fully saturated rings. The molecule has 0 aliphatic carbocycles. The van der Waals surface area contributed by atoms with Gasteiger partial charge >= 0.3 is 0 Å². The van der Waals surface area contributed by atoms with E-state index in [1.54, 1.807) is 12.1 Å². The topological polar surface area (TPSA) is 47.3 Å². The number of nitrogen functional groups attached to an aromatic ring is 1. The molecule has 1 atom stereocenters.